The Hall–Kier alpha value is -3.00. The van der Waals surface area contributed by atoms with E-state index in [-0.39, 0.29) is 17.5 Å². The summed E-state index contributed by atoms with van der Waals surface area (Å²) in [6, 6.07) is 11.9. The average Bonchev–Trinajstić information content (AvgIpc) is 2.67. The first-order valence-electron chi connectivity index (χ1n) is 8.80. The zero-order chi connectivity index (χ0) is 19.8. The molecule has 3 aromatic rings. The van der Waals surface area contributed by atoms with Crippen LogP contribution in [0.4, 0.5) is 8.78 Å². The number of H-pyrrole nitrogens is 1. The SMILES string of the molecule is CCc1cc2ccc(C(C)(C#N)Cc3c(F)ccc(C)c3F)cc2[nH]c1=O. The number of aryl methyl sites for hydroxylation is 2. The Labute approximate surface area is 156 Å². The summed E-state index contributed by atoms with van der Waals surface area (Å²) in [7, 11) is 0. The average molecular weight is 366 g/mol. The monoisotopic (exact) mass is 366 g/mol. The molecule has 1 aromatic heterocycles. The summed E-state index contributed by atoms with van der Waals surface area (Å²) >= 11 is 0. The van der Waals surface area contributed by atoms with Crippen LogP contribution in [0.3, 0.4) is 0 Å². The lowest BCUT2D eigenvalue weighted by Gasteiger charge is -2.23. The van der Waals surface area contributed by atoms with Gasteiger partial charge in [-0.25, -0.2) is 8.78 Å². The molecule has 0 aliphatic heterocycles. The first kappa shape index (κ1) is 18.8. The highest BCUT2D eigenvalue weighted by atomic mass is 19.1. The van der Waals surface area contributed by atoms with Gasteiger partial charge in [0.15, 0.2) is 0 Å². The Bertz CT molecular complexity index is 1130. The summed E-state index contributed by atoms with van der Waals surface area (Å²) in [5.41, 5.74) is 0.790. The Balaban J connectivity index is 2.11. The van der Waals surface area contributed by atoms with Gasteiger partial charge in [-0.1, -0.05) is 25.1 Å². The lowest BCUT2D eigenvalue weighted by atomic mass is 9.78. The molecule has 1 atom stereocenters. The van der Waals surface area contributed by atoms with Gasteiger partial charge in [0.25, 0.3) is 5.56 Å². The number of hydrogen-bond acceptors (Lipinski definition) is 2. The summed E-state index contributed by atoms with van der Waals surface area (Å²) in [5.74, 6) is -1.29. The Morgan fingerprint density at radius 1 is 1.19 bits per heavy atom. The number of pyridine rings is 1. The van der Waals surface area contributed by atoms with Crippen molar-refractivity contribution in [1.29, 1.82) is 5.26 Å². The molecule has 2 aromatic carbocycles. The van der Waals surface area contributed by atoms with Gasteiger partial charge in [0.1, 0.15) is 11.6 Å². The van der Waals surface area contributed by atoms with Gasteiger partial charge in [0, 0.05) is 23.1 Å². The lowest BCUT2D eigenvalue weighted by molar-refractivity contribution is 0.511. The molecule has 0 fully saturated rings. The van der Waals surface area contributed by atoms with E-state index in [4.69, 9.17) is 0 Å². The van der Waals surface area contributed by atoms with Crippen molar-refractivity contribution in [3.05, 3.63) is 80.6 Å². The fourth-order valence-electron chi connectivity index (χ4n) is 3.29. The number of fused-ring (bicyclic) bond motifs is 1. The second kappa shape index (κ2) is 6.96. The third kappa shape index (κ3) is 3.35. The molecule has 3 nitrogen and oxygen atoms in total. The van der Waals surface area contributed by atoms with E-state index in [9.17, 15) is 18.8 Å². The molecular formula is C22H20F2N2O. The molecule has 1 heterocycles. The number of benzene rings is 2. The lowest BCUT2D eigenvalue weighted by Crippen LogP contribution is -2.24. The molecule has 1 N–H and O–H groups in total. The zero-order valence-corrected chi connectivity index (χ0v) is 15.5. The molecule has 0 bridgehead atoms. The van der Waals surface area contributed by atoms with Gasteiger partial charge in [-0.3, -0.25) is 4.79 Å². The zero-order valence-electron chi connectivity index (χ0n) is 15.5. The van der Waals surface area contributed by atoms with Crippen molar-refractivity contribution in [1.82, 2.24) is 4.98 Å². The highest BCUT2D eigenvalue weighted by Crippen LogP contribution is 2.32. The molecule has 0 saturated heterocycles. The van der Waals surface area contributed by atoms with E-state index in [1.165, 1.54) is 12.1 Å². The third-order valence-electron chi connectivity index (χ3n) is 5.10. The van der Waals surface area contributed by atoms with Crippen molar-refractivity contribution in [2.75, 3.05) is 0 Å². The van der Waals surface area contributed by atoms with Gasteiger partial charge in [-0.2, -0.15) is 5.26 Å². The fraction of sp³-hybridized carbons (Fsp3) is 0.273. The van der Waals surface area contributed by atoms with Crippen LogP contribution in [0.5, 0.6) is 0 Å². The Morgan fingerprint density at radius 2 is 1.93 bits per heavy atom. The molecule has 0 amide bonds. The quantitative estimate of drug-likeness (QED) is 0.727. The molecule has 1 unspecified atom stereocenters. The van der Waals surface area contributed by atoms with Gasteiger partial charge >= 0.3 is 0 Å². The van der Waals surface area contributed by atoms with Crippen LogP contribution in [0.2, 0.25) is 0 Å². The van der Waals surface area contributed by atoms with Crippen molar-refractivity contribution in [3.8, 4) is 6.07 Å². The van der Waals surface area contributed by atoms with Gasteiger partial charge in [0.2, 0.25) is 0 Å². The molecule has 138 valence electrons. The van der Waals surface area contributed by atoms with Crippen LogP contribution in [0, 0.1) is 29.9 Å². The number of nitriles is 1. The van der Waals surface area contributed by atoms with Crippen molar-refractivity contribution < 1.29 is 8.78 Å². The van der Waals surface area contributed by atoms with E-state index >= 15 is 0 Å². The molecular weight excluding hydrogens is 346 g/mol. The first-order valence-corrected chi connectivity index (χ1v) is 8.80. The maximum Gasteiger partial charge on any atom is 0.251 e. The molecule has 3 rings (SSSR count). The number of nitrogens with zero attached hydrogens (tertiary/aromatic N) is 1. The first-order chi connectivity index (χ1) is 12.8. The van der Waals surface area contributed by atoms with E-state index in [2.05, 4.69) is 11.1 Å². The van der Waals surface area contributed by atoms with Gasteiger partial charge in [0.05, 0.1) is 11.5 Å². The van der Waals surface area contributed by atoms with E-state index in [1.54, 1.807) is 26.0 Å². The van der Waals surface area contributed by atoms with E-state index in [0.29, 0.717) is 28.6 Å². The van der Waals surface area contributed by atoms with Crippen molar-refractivity contribution >= 4 is 10.9 Å². The van der Waals surface area contributed by atoms with Crippen LogP contribution in [0.15, 0.2) is 41.2 Å². The van der Waals surface area contributed by atoms with Gasteiger partial charge in [-0.05, 0) is 55.0 Å². The van der Waals surface area contributed by atoms with E-state index < -0.39 is 17.0 Å². The number of aromatic nitrogens is 1. The summed E-state index contributed by atoms with van der Waals surface area (Å²) in [6.45, 7) is 5.12. The highest BCUT2D eigenvalue weighted by Gasteiger charge is 2.30. The van der Waals surface area contributed by atoms with Crippen molar-refractivity contribution in [3.63, 3.8) is 0 Å². The number of rotatable bonds is 4. The van der Waals surface area contributed by atoms with Crippen LogP contribution < -0.4 is 5.56 Å². The number of nitrogens with one attached hydrogen (secondary N) is 1. The standard InChI is InChI=1S/C22H20F2N2O/c1-4-14-9-15-6-7-16(10-19(15)26-21(14)27)22(3,12-25)11-17-18(23)8-5-13(2)20(17)24/h5-10H,4,11H2,1-3H3,(H,26,27). The predicted octanol–water partition coefficient (Wildman–Crippen LogP) is 4.70. The molecule has 0 spiro atoms. The topological polar surface area (TPSA) is 56.6 Å². The third-order valence-corrected chi connectivity index (χ3v) is 5.10. The Morgan fingerprint density at radius 3 is 2.59 bits per heavy atom. The second-order valence-corrected chi connectivity index (χ2v) is 7.06. The number of hydrogen-bond donors (Lipinski definition) is 1. The molecule has 0 saturated carbocycles. The maximum atomic E-state index is 14.4. The Kier molecular flexibility index (Phi) is 4.84. The molecule has 5 heteroatoms. The van der Waals surface area contributed by atoms with Crippen molar-refractivity contribution in [2.24, 2.45) is 0 Å². The second-order valence-electron chi connectivity index (χ2n) is 7.06. The predicted molar refractivity (Wildman–Crippen MR) is 102 cm³/mol. The normalized spacial score (nSPS) is 13.3. The smallest absolute Gasteiger partial charge is 0.251 e. The van der Waals surface area contributed by atoms with Crippen molar-refractivity contribution in [2.45, 2.75) is 39.0 Å². The van der Waals surface area contributed by atoms with E-state index in [0.717, 1.165) is 5.39 Å². The van der Waals surface area contributed by atoms with Crippen LogP contribution in [-0.4, -0.2) is 4.98 Å². The summed E-state index contributed by atoms with van der Waals surface area (Å²) < 4.78 is 28.6. The largest absolute Gasteiger partial charge is 0.322 e. The molecule has 0 aliphatic rings. The summed E-state index contributed by atoms with van der Waals surface area (Å²) in [5, 5.41) is 10.6. The molecule has 0 radical (unpaired) electrons. The minimum atomic E-state index is -1.15. The maximum absolute atomic E-state index is 14.4. The van der Waals surface area contributed by atoms with E-state index in [1.807, 2.05) is 19.1 Å². The molecule has 0 aliphatic carbocycles. The van der Waals surface area contributed by atoms with Gasteiger partial charge < -0.3 is 4.98 Å². The summed E-state index contributed by atoms with van der Waals surface area (Å²) in [4.78, 5) is 14.9. The van der Waals surface area contributed by atoms with Crippen LogP contribution in [-0.2, 0) is 18.3 Å². The van der Waals surface area contributed by atoms with Gasteiger partial charge in [-0.15, -0.1) is 0 Å². The number of aromatic amines is 1. The summed E-state index contributed by atoms with van der Waals surface area (Å²) in [6.07, 6.45) is 0.514. The minimum Gasteiger partial charge on any atom is -0.322 e. The van der Waals surface area contributed by atoms with Crippen LogP contribution in [0.25, 0.3) is 10.9 Å². The number of halogens is 2. The molecule has 27 heavy (non-hydrogen) atoms. The minimum absolute atomic E-state index is 0.103. The highest BCUT2D eigenvalue weighted by molar-refractivity contribution is 5.80. The van der Waals surface area contributed by atoms with Crippen LogP contribution in [0.1, 0.15) is 36.1 Å². The van der Waals surface area contributed by atoms with Crippen LogP contribution >= 0.6 is 0 Å². The fourth-order valence-corrected chi connectivity index (χ4v) is 3.29.